The Hall–Kier alpha value is -2.91. The molecule has 3 rings (SSSR count). The van der Waals surface area contributed by atoms with E-state index in [1.54, 1.807) is 45.0 Å². The van der Waals surface area contributed by atoms with Gasteiger partial charge in [-0.15, -0.1) is 0 Å². The van der Waals surface area contributed by atoms with E-state index in [-0.39, 0.29) is 25.3 Å². The third-order valence-electron chi connectivity index (χ3n) is 5.48. The number of hydrogen-bond donors (Lipinski definition) is 1. The number of nitrogens with zero attached hydrogens (tertiary/aromatic N) is 1. The third-order valence-corrected chi connectivity index (χ3v) is 6.01. The van der Waals surface area contributed by atoms with E-state index < -0.39 is 29.2 Å². The number of aliphatic hydroxyl groups excluding tert-OH is 1. The third kappa shape index (κ3) is 6.85. The lowest BCUT2D eigenvalue weighted by Gasteiger charge is -2.29. The summed E-state index contributed by atoms with van der Waals surface area (Å²) in [7, 11) is 1.29. The number of rotatable bonds is 10. The Morgan fingerprint density at radius 3 is 2.36 bits per heavy atom. The zero-order chi connectivity index (χ0) is 26.3. The van der Waals surface area contributed by atoms with Gasteiger partial charge in [0, 0.05) is 29.5 Å². The van der Waals surface area contributed by atoms with Gasteiger partial charge in [0.1, 0.15) is 11.4 Å². The number of aliphatic imine (C=N–C) groups is 1. The van der Waals surface area contributed by atoms with Crippen LogP contribution in [0.4, 0.5) is 0 Å². The number of halogens is 1. The average Bonchev–Trinajstić information content (AvgIpc) is 3.23. The van der Waals surface area contributed by atoms with Gasteiger partial charge < -0.3 is 24.1 Å². The zero-order valence-electron chi connectivity index (χ0n) is 21.0. The lowest BCUT2D eigenvalue weighted by Crippen LogP contribution is -2.42. The van der Waals surface area contributed by atoms with Crippen LogP contribution in [0.3, 0.4) is 0 Å². The Balaban J connectivity index is 1.96. The van der Waals surface area contributed by atoms with E-state index in [9.17, 15) is 9.59 Å². The normalized spacial score (nSPS) is 19.3. The van der Waals surface area contributed by atoms with Gasteiger partial charge in [-0.25, -0.2) is 9.79 Å². The molecule has 1 heterocycles. The molecule has 0 radical (unpaired) electrons. The van der Waals surface area contributed by atoms with Gasteiger partial charge in [-0.05, 0) is 69.2 Å². The molecule has 8 nitrogen and oxygen atoms in total. The van der Waals surface area contributed by atoms with Crippen LogP contribution < -0.4 is 4.74 Å². The molecule has 1 N–H and O–H groups in total. The number of methoxy groups -OCH3 is 1. The molecule has 0 aromatic heterocycles. The minimum absolute atomic E-state index is 0.0428. The molecule has 9 heteroatoms. The van der Waals surface area contributed by atoms with Gasteiger partial charge in [0.15, 0.2) is 6.10 Å². The fourth-order valence-electron chi connectivity index (χ4n) is 3.84. The molecule has 2 aromatic rings. The highest BCUT2D eigenvalue weighted by Crippen LogP contribution is 2.44. The van der Waals surface area contributed by atoms with Crippen molar-refractivity contribution in [3.8, 4) is 5.75 Å². The van der Waals surface area contributed by atoms with E-state index >= 15 is 0 Å². The Labute approximate surface area is 219 Å². The summed E-state index contributed by atoms with van der Waals surface area (Å²) in [6.07, 6.45) is -0.277. The second kappa shape index (κ2) is 11.9. The van der Waals surface area contributed by atoms with Crippen molar-refractivity contribution in [3.05, 3.63) is 64.1 Å². The number of carbonyl (C=O) groups is 2. The van der Waals surface area contributed by atoms with E-state index in [0.29, 0.717) is 24.3 Å². The van der Waals surface area contributed by atoms with Crippen LogP contribution in [0.5, 0.6) is 5.75 Å². The molecule has 0 fully saturated rings. The molecule has 0 amide bonds. The Bertz CT molecular complexity index is 1080. The Morgan fingerprint density at radius 2 is 1.78 bits per heavy atom. The molecule has 0 unspecified atom stereocenters. The van der Waals surface area contributed by atoms with Crippen molar-refractivity contribution in [1.82, 2.24) is 0 Å². The van der Waals surface area contributed by atoms with Crippen molar-refractivity contribution >= 4 is 33.8 Å². The average molecular weight is 562 g/mol. The maximum atomic E-state index is 13.3. The molecule has 1 aliphatic heterocycles. The smallest absolute Gasteiger partial charge is 0.338 e. The highest BCUT2D eigenvalue weighted by atomic mass is 79.9. The first-order valence-corrected chi connectivity index (χ1v) is 12.5. The number of benzene rings is 2. The van der Waals surface area contributed by atoms with Crippen LogP contribution in [0.1, 0.15) is 57.3 Å². The largest absolute Gasteiger partial charge is 0.494 e. The monoisotopic (exact) mass is 561 g/mol. The number of hydrogen-bond acceptors (Lipinski definition) is 8. The number of aliphatic hydroxyl groups is 1. The van der Waals surface area contributed by atoms with Crippen LogP contribution in [0.25, 0.3) is 0 Å². The van der Waals surface area contributed by atoms with Gasteiger partial charge in [0.25, 0.3) is 0 Å². The summed E-state index contributed by atoms with van der Waals surface area (Å²) in [5.41, 5.74) is -0.766. The molecule has 1 aliphatic rings. The van der Waals surface area contributed by atoms with Gasteiger partial charge in [-0.1, -0.05) is 28.1 Å². The molecule has 2 atom stereocenters. The highest BCUT2D eigenvalue weighted by molar-refractivity contribution is 9.10. The summed E-state index contributed by atoms with van der Waals surface area (Å²) in [6, 6.07) is 14.5. The molecule has 194 valence electrons. The van der Waals surface area contributed by atoms with Gasteiger partial charge in [0.05, 0.1) is 13.7 Å². The summed E-state index contributed by atoms with van der Waals surface area (Å²) in [5.74, 6) is -0.134. The van der Waals surface area contributed by atoms with Gasteiger partial charge in [-0.2, -0.15) is 0 Å². The van der Waals surface area contributed by atoms with Crippen molar-refractivity contribution in [2.75, 3.05) is 20.3 Å². The molecular formula is C27H32BrNO7. The maximum absolute atomic E-state index is 13.3. The van der Waals surface area contributed by atoms with Crippen molar-refractivity contribution in [3.63, 3.8) is 0 Å². The quantitative estimate of drug-likeness (QED) is 0.329. The van der Waals surface area contributed by atoms with Crippen molar-refractivity contribution in [1.29, 1.82) is 0 Å². The fraction of sp³-hybridized carbons (Fsp3) is 0.444. The van der Waals surface area contributed by atoms with Gasteiger partial charge in [-0.3, -0.25) is 4.79 Å². The van der Waals surface area contributed by atoms with Crippen LogP contribution in [-0.2, 0) is 23.8 Å². The zero-order valence-corrected chi connectivity index (χ0v) is 22.5. The van der Waals surface area contributed by atoms with E-state index in [1.807, 2.05) is 24.3 Å². The molecule has 0 saturated carbocycles. The molecule has 2 aromatic carbocycles. The molecule has 0 saturated heterocycles. The standard InChI is InChI=1S/C27H32BrNO7/c1-26(2,3)36-22(31)14-15-27(25(32)33-4)23(18-6-10-20(28)11-7-18)35-24(29-27)19-8-12-21(13-9-19)34-17-5-16-30/h6-13,23,30H,5,14-17H2,1-4H3/t23-,27-/m1/s1. The topological polar surface area (TPSA) is 104 Å². The number of esters is 2. The Kier molecular flexibility index (Phi) is 9.13. The van der Waals surface area contributed by atoms with Crippen LogP contribution >= 0.6 is 15.9 Å². The fourth-order valence-corrected chi connectivity index (χ4v) is 4.11. The molecule has 0 aliphatic carbocycles. The van der Waals surface area contributed by atoms with Crippen LogP contribution in [0.2, 0.25) is 0 Å². The predicted molar refractivity (Wildman–Crippen MR) is 138 cm³/mol. The summed E-state index contributed by atoms with van der Waals surface area (Å²) < 4.78 is 23.4. The van der Waals surface area contributed by atoms with Crippen molar-refractivity contribution in [2.45, 2.75) is 57.3 Å². The minimum Gasteiger partial charge on any atom is -0.494 e. The SMILES string of the molecule is COC(=O)[C@]1(CCC(=O)OC(C)(C)C)N=C(c2ccc(OCCCO)cc2)O[C@@H]1c1ccc(Br)cc1. The lowest BCUT2D eigenvalue weighted by atomic mass is 9.84. The lowest BCUT2D eigenvalue weighted by molar-refractivity contribution is -0.157. The maximum Gasteiger partial charge on any atom is 0.338 e. The number of ether oxygens (including phenoxy) is 4. The predicted octanol–water partition coefficient (Wildman–Crippen LogP) is 4.76. The van der Waals surface area contributed by atoms with Gasteiger partial charge >= 0.3 is 11.9 Å². The minimum atomic E-state index is -1.48. The first-order valence-electron chi connectivity index (χ1n) is 11.7. The van der Waals surface area contributed by atoms with Gasteiger partial charge in [0.2, 0.25) is 11.4 Å². The second-order valence-corrected chi connectivity index (χ2v) is 10.3. The summed E-state index contributed by atoms with van der Waals surface area (Å²) in [4.78, 5) is 30.5. The van der Waals surface area contributed by atoms with E-state index in [4.69, 9.17) is 29.0 Å². The van der Waals surface area contributed by atoms with E-state index in [2.05, 4.69) is 15.9 Å². The number of carbonyl (C=O) groups excluding carboxylic acids is 2. The van der Waals surface area contributed by atoms with Crippen LogP contribution in [0.15, 0.2) is 58.0 Å². The van der Waals surface area contributed by atoms with Crippen molar-refractivity contribution < 1.29 is 33.6 Å². The Morgan fingerprint density at radius 1 is 1.11 bits per heavy atom. The summed E-state index contributed by atoms with van der Waals surface area (Å²) in [6.45, 7) is 5.82. The first-order chi connectivity index (χ1) is 17.1. The highest BCUT2D eigenvalue weighted by Gasteiger charge is 2.54. The van der Waals surface area contributed by atoms with Crippen molar-refractivity contribution in [2.24, 2.45) is 4.99 Å². The van der Waals surface area contributed by atoms with Crippen LogP contribution in [0, 0.1) is 0 Å². The molecule has 36 heavy (non-hydrogen) atoms. The second-order valence-electron chi connectivity index (χ2n) is 9.42. The molecular weight excluding hydrogens is 530 g/mol. The summed E-state index contributed by atoms with van der Waals surface area (Å²) in [5, 5.41) is 8.93. The van der Waals surface area contributed by atoms with Crippen LogP contribution in [-0.4, -0.2) is 54.4 Å². The van der Waals surface area contributed by atoms with E-state index in [1.165, 1.54) is 7.11 Å². The van der Waals surface area contributed by atoms with E-state index in [0.717, 1.165) is 10.0 Å². The first kappa shape index (κ1) is 27.7. The molecule has 0 bridgehead atoms. The molecule has 0 spiro atoms. The summed E-state index contributed by atoms with van der Waals surface area (Å²) >= 11 is 3.43.